The summed E-state index contributed by atoms with van der Waals surface area (Å²) < 4.78 is 19.6. The average molecular weight is 342 g/mol. The minimum absolute atomic E-state index is 0.294. The molecule has 0 unspecified atom stereocenters. The van der Waals surface area contributed by atoms with Gasteiger partial charge in [-0.2, -0.15) is 0 Å². The minimum atomic E-state index is -0.571. The van der Waals surface area contributed by atoms with Gasteiger partial charge in [0.15, 0.2) is 0 Å². The Morgan fingerprint density at radius 2 is 2.24 bits per heavy atom. The number of nitrogens with two attached hydrogens (primary N) is 1. The summed E-state index contributed by atoms with van der Waals surface area (Å²) in [6, 6.07) is 4.49. The lowest BCUT2D eigenvalue weighted by Gasteiger charge is -2.39. The molecule has 2 aromatic heterocycles. The number of nitrogens with zero attached hydrogens (tertiary/aromatic N) is 2. The van der Waals surface area contributed by atoms with Gasteiger partial charge >= 0.3 is 0 Å². The number of fused-ring (bicyclic) bond motifs is 3. The Hall–Kier alpha value is -2.67. The molecule has 7 heteroatoms. The number of carbonyl (C=O) groups excluding carboxylic acids is 1. The Morgan fingerprint density at radius 3 is 2.96 bits per heavy atom. The van der Waals surface area contributed by atoms with Crippen molar-refractivity contribution in [1.29, 1.82) is 0 Å². The molecule has 3 heterocycles. The standard InChI is InChI=1S/C18H19FN4O2/c1-18(2)9-23(5-6-25-18)17-14-11-7-10(19)3-4-13(11)22-15(14)12(8-21-17)16(20)24/h3-4,7-8,22H,5-6,9H2,1-2H3,(H2,20,24). The van der Waals surface area contributed by atoms with E-state index in [0.29, 0.717) is 47.4 Å². The average Bonchev–Trinajstić information content (AvgIpc) is 2.91. The molecular weight excluding hydrogens is 323 g/mol. The molecule has 0 spiro atoms. The number of benzene rings is 1. The maximum Gasteiger partial charge on any atom is 0.252 e. The Bertz CT molecular complexity index is 996. The molecule has 3 aromatic rings. The second kappa shape index (κ2) is 5.42. The first-order valence-corrected chi connectivity index (χ1v) is 8.14. The van der Waals surface area contributed by atoms with Crippen molar-refractivity contribution in [3.05, 3.63) is 35.8 Å². The molecule has 25 heavy (non-hydrogen) atoms. The van der Waals surface area contributed by atoms with E-state index in [1.807, 2.05) is 13.8 Å². The molecule has 3 N–H and O–H groups in total. The second-order valence-corrected chi connectivity index (χ2v) is 6.95. The number of primary amides is 1. The van der Waals surface area contributed by atoms with Crippen LogP contribution in [0.4, 0.5) is 10.2 Å². The van der Waals surface area contributed by atoms with Crippen molar-refractivity contribution in [2.45, 2.75) is 19.4 Å². The molecule has 0 radical (unpaired) electrons. The second-order valence-electron chi connectivity index (χ2n) is 6.95. The summed E-state index contributed by atoms with van der Waals surface area (Å²) in [6.07, 6.45) is 1.48. The molecule has 1 fully saturated rings. The molecule has 1 aromatic carbocycles. The van der Waals surface area contributed by atoms with Crippen LogP contribution in [0.1, 0.15) is 24.2 Å². The number of amides is 1. The summed E-state index contributed by atoms with van der Waals surface area (Å²) in [6.45, 7) is 5.92. The van der Waals surface area contributed by atoms with Crippen LogP contribution in [0.5, 0.6) is 0 Å². The van der Waals surface area contributed by atoms with E-state index in [-0.39, 0.29) is 11.4 Å². The highest BCUT2D eigenvalue weighted by Gasteiger charge is 2.30. The SMILES string of the molecule is CC1(C)CN(c2ncc(C(N)=O)c3[nH]c4ccc(F)cc4c23)CCO1. The van der Waals surface area contributed by atoms with Crippen LogP contribution in [-0.4, -0.2) is 41.2 Å². The van der Waals surface area contributed by atoms with Gasteiger partial charge in [0, 0.05) is 30.2 Å². The van der Waals surface area contributed by atoms with E-state index in [0.717, 1.165) is 5.52 Å². The highest BCUT2D eigenvalue weighted by molar-refractivity contribution is 6.18. The topological polar surface area (TPSA) is 84.2 Å². The summed E-state index contributed by atoms with van der Waals surface area (Å²) in [4.78, 5) is 21.6. The highest BCUT2D eigenvalue weighted by Crippen LogP contribution is 2.35. The molecule has 0 saturated carbocycles. The maximum absolute atomic E-state index is 13.8. The third-order valence-electron chi connectivity index (χ3n) is 4.56. The molecule has 1 aliphatic rings. The number of hydrogen-bond donors (Lipinski definition) is 2. The monoisotopic (exact) mass is 342 g/mol. The quantitative estimate of drug-likeness (QED) is 0.750. The number of H-pyrrole nitrogens is 1. The zero-order chi connectivity index (χ0) is 17.8. The Kier molecular flexibility index (Phi) is 3.43. The van der Waals surface area contributed by atoms with Crippen molar-refractivity contribution >= 4 is 33.5 Å². The summed E-state index contributed by atoms with van der Waals surface area (Å²) in [7, 11) is 0. The van der Waals surface area contributed by atoms with E-state index in [2.05, 4.69) is 14.9 Å². The first kappa shape index (κ1) is 15.8. The number of anilines is 1. The molecule has 6 nitrogen and oxygen atoms in total. The first-order chi connectivity index (χ1) is 11.9. The fourth-order valence-corrected chi connectivity index (χ4v) is 3.48. The number of halogens is 1. The number of aromatic nitrogens is 2. The smallest absolute Gasteiger partial charge is 0.252 e. The molecule has 4 rings (SSSR count). The van der Waals surface area contributed by atoms with Gasteiger partial charge < -0.3 is 20.4 Å². The van der Waals surface area contributed by atoms with Crippen LogP contribution >= 0.6 is 0 Å². The van der Waals surface area contributed by atoms with Crippen molar-refractivity contribution in [1.82, 2.24) is 9.97 Å². The van der Waals surface area contributed by atoms with Gasteiger partial charge in [0.05, 0.1) is 28.7 Å². The summed E-state index contributed by atoms with van der Waals surface area (Å²) in [5, 5.41) is 1.40. The molecule has 130 valence electrons. The number of pyridine rings is 1. The summed E-state index contributed by atoms with van der Waals surface area (Å²) in [5.74, 6) is -0.210. The summed E-state index contributed by atoms with van der Waals surface area (Å²) in [5.41, 5.74) is 6.80. The van der Waals surface area contributed by atoms with Crippen LogP contribution < -0.4 is 10.6 Å². The third kappa shape index (κ3) is 2.60. The van der Waals surface area contributed by atoms with E-state index in [9.17, 15) is 9.18 Å². The van der Waals surface area contributed by atoms with Crippen LogP contribution in [-0.2, 0) is 4.74 Å². The van der Waals surface area contributed by atoms with Gasteiger partial charge in [-0.05, 0) is 32.0 Å². The molecular formula is C18H19FN4O2. The van der Waals surface area contributed by atoms with Gasteiger partial charge in [0.25, 0.3) is 5.91 Å². The fraction of sp³-hybridized carbons (Fsp3) is 0.333. The predicted molar refractivity (Wildman–Crippen MR) is 94.3 cm³/mol. The van der Waals surface area contributed by atoms with Crippen LogP contribution in [0, 0.1) is 5.82 Å². The van der Waals surface area contributed by atoms with Crippen molar-refractivity contribution in [3.8, 4) is 0 Å². The molecule has 0 aliphatic carbocycles. The van der Waals surface area contributed by atoms with Crippen molar-refractivity contribution < 1.29 is 13.9 Å². The fourth-order valence-electron chi connectivity index (χ4n) is 3.48. The maximum atomic E-state index is 13.8. The van der Waals surface area contributed by atoms with Crippen molar-refractivity contribution in [2.24, 2.45) is 5.73 Å². The number of rotatable bonds is 2. The lowest BCUT2D eigenvalue weighted by molar-refractivity contribution is -0.0278. The number of aromatic amines is 1. The zero-order valence-electron chi connectivity index (χ0n) is 14.1. The molecule has 1 aliphatic heterocycles. The molecule has 1 amide bonds. The van der Waals surface area contributed by atoms with E-state index >= 15 is 0 Å². The van der Waals surface area contributed by atoms with Gasteiger partial charge in [-0.25, -0.2) is 9.37 Å². The Labute approximate surface area is 143 Å². The van der Waals surface area contributed by atoms with Crippen LogP contribution in [0.2, 0.25) is 0 Å². The van der Waals surface area contributed by atoms with E-state index < -0.39 is 5.91 Å². The van der Waals surface area contributed by atoms with Crippen LogP contribution in [0.15, 0.2) is 24.4 Å². The number of hydrogen-bond acceptors (Lipinski definition) is 4. The number of nitrogens with one attached hydrogen (secondary N) is 1. The van der Waals surface area contributed by atoms with Crippen LogP contribution in [0.25, 0.3) is 21.8 Å². The Morgan fingerprint density at radius 1 is 1.44 bits per heavy atom. The number of ether oxygens (including phenoxy) is 1. The van der Waals surface area contributed by atoms with E-state index in [4.69, 9.17) is 10.5 Å². The Balaban J connectivity index is 2.01. The first-order valence-electron chi connectivity index (χ1n) is 8.14. The normalized spacial score (nSPS) is 17.3. The lowest BCUT2D eigenvalue weighted by atomic mass is 10.1. The lowest BCUT2D eigenvalue weighted by Crippen LogP contribution is -2.48. The largest absolute Gasteiger partial charge is 0.372 e. The molecule has 0 bridgehead atoms. The van der Waals surface area contributed by atoms with Gasteiger partial charge in [-0.3, -0.25) is 4.79 Å². The molecule has 0 atom stereocenters. The molecule has 1 saturated heterocycles. The van der Waals surface area contributed by atoms with Crippen LogP contribution in [0.3, 0.4) is 0 Å². The van der Waals surface area contributed by atoms with Gasteiger partial charge in [0.1, 0.15) is 11.6 Å². The zero-order valence-corrected chi connectivity index (χ0v) is 14.1. The van der Waals surface area contributed by atoms with Gasteiger partial charge in [-0.15, -0.1) is 0 Å². The van der Waals surface area contributed by atoms with Crippen molar-refractivity contribution in [2.75, 3.05) is 24.6 Å². The van der Waals surface area contributed by atoms with Crippen molar-refractivity contribution in [3.63, 3.8) is 0 Å². The highest BCUT2D eigenvalue weighted by atomic mass is 19.1. The van der Waals surface area contributed by atoms with Gasteiger partial charge in [0.2, 0.25) is 0 Å². The summed E-state index contributed by atoms with van der Waals surface area (Å²) >= 11 is 0. The third-order valence-corrected chi connectivity index (χ3v) is 4.56. The number of morpholine rings is 1. The van der Waals surface area contributed by atoms with E-state index in [1.165, 1.54) is 18.3 Å². The number of carbonyl (C=O) groups is 1. The van der Waals surface area contributed by atoms with E-state index in [1.54, 1.807) is 6.07 Å². The van der Waals surface area contributed by atoms with Gasteiger partial charge in [-0.1, -0.05) is 0 Å². The minimum Gasteiger partial charge on any atom is -0.372 e. The predicted octanol–water partition coefficient (Wildman–Crippen LogP) is 2.57.